The van der Waals surface area contributed by atoms with E-state index in [0.717, 1.165) is 0 Å². The van der Waals surface area contributed by atoms with Gasteiger partial charge in [-0.15, -0.1) is 0 Å². The number of nitrogens with one attached hydrogen (secondary N) is 1. The molecule has 2 aliphatic rings. The minimum absolute atomic E-state index is 0.00727. The molecule has 130 valence electrons. The van der Waals surface area contributed by atoms with Gasteiger partial charge in [-0.3, -0.25) is 24.8 Å². The van der Waals surface area contributed by atoms with Gasteiger partial charge in [0, 0.05) is 0 Å². The number of esters is 1. The van der Waals surface area contributed by atoms with E-state index in [0.29, 0.717) is 32.9 Å². The first kappa shape index (κ1) is 18.5. The van der Waals surface area contributed by atoms with Crippen LogP contribution in [0.4, 0.5) is 9.59 Å². The van der Waals surface area contributed by atoms with Crippen LogP contribution in [0.25, 0.3) is 0 Å². The molecule has 2 aliphatic heterocycles. The third-order valence-electron chi connectivity index (χ3n) is 2.81. The highest BCUT2D eigenvalue weighted by molar-refractivity contribution is 5.82. The van der Waals surface area contributed by atoms with Gasteiger partial charge >= 0.3 is 18.2 Å². The number of hydrogen-bond donors (Lipinski definition) is 2. The Labute approximate surface area is 132 Å². The van der Waals surface area contributed by atoms with E-state index in [1.165, 1.54) is 9.80 Å². The number of carbonyl (C=O) groups is 4. The maximum atomic E-state index is 10.9. The van der Waals surface area contributed by atoms with E-state index in [9.17, 15) is 19.2 Å². The Morgan fingerprint density at radius 2 is 1.65 bits per heavy atom. The zero-order chi connectivity index (χ0) is 17.2. The molecule has 2 heterocycles. The monoisotopic (exact) mass is 332 g/mol. The number of hydrazine groups is 1. The van der Waals surface area contributed by atoms with Crippen LogP contribution in [0, 0.1) is 0 Å². The smallest absolute Gasteiger partial charge is 0.410 e. The van der Waals surface area contributed by atoms with Gasteiger partial charge in [0.25, 0.3) is 5.91 Å². The van der Waals surface area contributed by atoms with Gasteiger partial charge < -0.3 is 14.2 Å². The molecular formula is C12H20N4O7. The lowest BCUT2D eigenvalue weighted by atomic mass is 10.5. The Bertz CT molecular complexity index is 457. The molecule has 2 fully saturated rings. The number of carbonyl (C=O) groups excluding carboxylic acids is 4. The van der Waals surface area contributed by atoms with E-state index >= 15 is 0 Å². The fourth-order valence-corrected chi connectivity index (χ4v) is 1.72. The van der Waals surface area contributed by atoms with Crippen molar-refractivity contribution in [2.24, 2.45) is 5.84 Å². The molecule has 0 unspecified atom stereocenters. The average molecular weight is 332 g/mol. The summed E-state index contributed by atoms with van der Waals surface area (Å²) in [5.41, 5.74) is 1.92. The van der Waals surface area contributed by atoms with Crippen molar-refractivity contribution in [3.05, 3.63) is 0 Å². The Morgan fingerprint density at radius 3 is 2.04 bits per heavy atom. The van der Waals surface area contributed by atoms with Crippen LogP contribution in [0.5, 0.6) is 0 Å². The average Bonchev–Trinajstić information content (AvgIpc) is 3.09. The van der Waals surface area contributed by atoms with Crippen molar-refractivity contribution in [3.8, 4) is 0 Å². The first-order valence-electron chi connectivity index (χ1n) is 6.96. The number of nitrogens with two attached hydrogens (primary N) is 1. The number of ether oxygens (including phenoxy) is 3. The largest absolute Gasteiger partial charge is 0.465 e. The Balaban J connectivity index is 0.000000231. The first-order valence-corrected chi connectivity index (χ1v) is 6.96. The van der Waals surface area contributed by atoms with Crippen molar-refractivity contribution in [2.75, 3.05) is 46.0 Å². The Kier molecular flexibility index (Phi) is 7.60. The third kappa shape index (κ3) is 6.38. The Morgan fingerprint density at radius 1 is 1.13 bits per heavy atom. The van der Waals surface area contributed by atoms with Gasteiger partial charge in [0.15, 0.2) is 0 Å². The van der Waals surface area contributed by atoms with Crippen LogP contribution in [0.1, 0.15) is 6.92 Å². The highest BCUT2D eigenvalue weighted by Gasteiger charge is 2.24. The number of rotatable bonds is 5. The quantitative estimate of drug-likeness (QED) is 0.202. The SMILES string of the molecule is CCOC(=O)CN1CCOC1=O.NNC(=O)CN1CCOC1=O. The second-order valence-electron chi connectivity index (χ2n) is 4.44. The zero-order valence-electron chi connectivity index (χ0n) is 12.8. The number of hydrogen-bond acceptors (Lipinski definition) is 8. The molecule has 0 aliphatic carbocycles. The van der Waals surface area contributed by atoms with Gasteiger partial charge in [-0.1, -0.05) is 0 Å². The van der Waals surface area contributed by atoms with Gasteiger partial charge in [0.05, 0.1) is 19.7 Å². The molecule has 0 saturated carbocycles. The lowest BCUT2D eigenvalue weighted by Crippen LogP contribution is -2.40. The van der Waals surface area contributed by atoms with Gasteiger partial charge in [-0.05, 0) is 6.92 Å². The summed E-state index contributed by atoms with van der Waals surface area (Å²) in [6.07, 6.45) is -0.906. The van der Waals surface area contributed by atoms with Crippen LogP contribution in [0.2, 0.25) is 0 Å². The van der Waals surface area contributed by atoms with E-state index in [2.05, 4.69) is 14.2 Å². The van der Waals surface area contributed by atoms with E-state index in [4.69, 9.17) is 5.84 Å². The molecule has 0 spiro atoms. The summed E-state index contributed by atoms with van der Waals surface area (Å²) < 4.78 is 13.9. The van der Waals surface area contributed by atoms with E-state index in [1.807, 2.05) is 5.43 Å². The normalized spacial score (nSPS) is 16.3. The second-order valence-corrected chi connectivity index (χ2v) is 4.44. The van der Waals surface area contributed by atoms with Crippen molar-refractivity contribution >= 4 is 24.1 Å². The van der Waals surface area contributed by atoms with E-state index < -0.39 is 24.1 Å². The molecule has 3 amide bonds. The molecule has 0 radical (unpaired) electrons. The molecule has 2 saturated heterocycles. The van der Waals surface area contributed by atoms with Crippen molar-refractivity contribution in [1.29, 1.82) is 0 Å². The van der Waals surface area contributed by atoms with Gasteiger partial charge in [0.2, 0.25) is 0 Å². The minimum Gasteiger partial charge on any atom is -0.465 e. The summed E-state index contributed by atoms with van der Waals surface area (Å²) in [5.74, 6) is 4.03. The van der Waals surface area contributed by atoms with Crippen LogP contribution < -0.4 is 11.3 Å². The van der Waals surface area contributed by atoms with Crippen LogP contribution >= 0.6 is 0 Å². The molecular weight excluding hydrogens is 312 g/mol. The summed E-state index contributed by atoms with van der Waals surface area (Å²) in [7, 11) is 0. The summed E-state index contributed by atoms with van der Waals surface area (Å²) in [5, 5.41) is 0. The van der Waals surface area contributed by atoms with Crippen molar-refractivity contribution in [2.45, 2.75) is 6.92 Å². The number of nitrogens with zero attached hydrogens (tertiary/aromatic N) is 2. The molecule has 0 atom stereocenters. The molecule has 11 heteroatoms. The molecule has 23 heavy (non-hydrogen) atoms. The summed E-state index contributed by atoms with van der Waals surface area (Å²) >= 11 is 0. The van der Waals surface area contributed by atoms with E-state index in [-0.39, 0.29) is 13.1 Å². The van der Waals surface area contributed by atoms with E-state index in [1.54, 1.807) is 6.92 Å². The zero-order valence-corrected chi connectivity index (χ0v) is 12.8. The molecule has 0 bridgehead atoms. The molecule has 2 rings (SSSR count). The predicted octanol–water partition coefficient (Wildman–Crippen LogP) is -1.57. The summed E-state index contributed by atoms with van der Waals surface area (Å²) in [6.45, 7) is 3.64. The second kappa shape index (κ2) is 9.46. The minimum atomic E-state index is -0.464. The molecule has 0 aromatic rings. The topological polar surface area (TPSA) is 140 Å². The highest BCUT2D eigenvalue weighted by atomic mass is 16.6. The molecule has 3 N–H and O–H groups in total. The van der Waals surface area contributed by atoms with Gasteiger partial charge in [0.1, 0.15) is 26.3 Å². The fraction of sp³-hybridized carbons (Fsp3) is 0.667. The molecule has 0 aromatic carbocycles. The summed E-state index contributed by atoms with van der Waals surface area (Å²) in [4.78, 5) is 45.6. The first-order chi connectivity index (χ1) is 11.0. The standard InChI is InChI=1S/C7H11NO4.C5H9N3O3/c1-2-11-6(9)5-8-3-4-12-7(8)10;6-7-4(9)3-8-1-2-11-5(8)10/h2-5H2,1H3;1-3,6H2,(H,7,9). The highest BCUT2D eigenvalue weighted by Crippen LogP contribution is 2.02. The third-order valence-corrected chi connectivity index (χ3v) is 2.81. The number of cyclic esters (lactones) is 2. The van der Waals surface area contributed by atoms with Crippen LogP contribution in [0.3, 0.4) is 0 Å². The van der Waals surface area contributed by atoms with Gasteiger partial charge in [-0.25, -0.2) is 15.4 Å². The van der Waals surface area contributed by atoms with Gasteiger partial charge in [-0.2, -0.15) is 0 Å². The molecule has 11 nitrogen and oxygen atoms in total. The van der Waals surface area contributed by atoms with Crippen LogP contribution in [0.15, 0.2) is 0 Å². The van der Waals surface area contributed by atoms with Crippen molar-refractivity contribution < 1.29 is 33.4 Å². The predicted molar refractivity (Wildman–Crippen MR) is 74.8 cm³/mol. The lowest BCUT2D eigenvalue weighted by Gasteiger charge is -2.10. The summed E-state index contributed by atoms with van der Waals surface area (Å²) in [6, 6.07) is 0. The maximum absolute atomic E-state index is 10.9. The number of amides is 3. The van der Waals surface area contributed by atoms with Crippen LogP contribution in [-0.4, -0.2) is 79.9 Å². The Hall–Kier alpha value is -2.56. The van der Waals surface area contributed by atoms with Crippen molar-refractivity contribution in [1.82, 2.24) is 15.2 Å². The fourth-order valence-electron chi connectivity index (χ4n) is 1.72. The van der Waals surface area contributed by atoms with Crippen molar-refractivity contribution in [3.63, 3.8) is 0 Å². The van der Waals surface area contributed by atoms with Crippen LogP contribution in [-0.2, 0) is 23.8 Å². The lowest BCUT2D eigenvalue weighted by molar-refractivity contribution is -0.143. The maximum Gasteiger partial charge on any atom is 0.410 e. The molecule has 0 aromatic heterocycles.